The van der Waals surface area contributed by atoms with E-state index in [9.17, 15) is 5.26 Å². The van der Waals surface area contributed by atoms with Gasteiger partial charge < -0.3 is 9.64 Å². The lowest BCUT2D eigenvalue weighted by Gasteiger charge is -2.27. The van der Waals surface area contributed by atoms with Crippen LogP contribution < -0.4 is 4.90 Å². The maximum atomic E-state index is 9.92. The van der Waals surface area contributed by atoms with Gasteiger partial charge in [-0.2, -0.15) is 5.26 Å². The van der Waals surface area contributed by atoms with Crippen LogP contribution in [-0.2, 0) is 4.74 Å². The highest BCUT2D eigenvalue weighted by Gasteiger charge is 2.27. The highest BCUT2D eigenvalue weighted by atomic mass is 35.5. The lowest BCUT2D eigenvalue weighted by molar-refractivity contribution is 0.123. The average molecular weight is 407 g/mol. The molecule has 1 fully saturated rings. The predicted octanol–water partition coefficient (Wildman–Crippen LogP) is 3.61. The molecule has 1 N–H and O–H groups in total. The number of aromatic amines is 1. The summed E-state index contributed by atoms with van der Waals surface area (Å²) >= 11 is 13.9. The van der Waals surface area contributed by atoms with Crippen molar-refractivity contribution in [1.29, 1.82) is 5.26 Å². The molecule has 0 atom stereocenters. The van der Waals surface area contributed by atoms with Crippen molar-refractivity contribution in [3.8, 4) is 27.9 Å². The Morgan fingerprint density at radius 1 is 1.27 bits per heavy atom. The fourth-order valence-electron chi connectivity index (χ4n) is 2.88. The number of rotatable bonds is 3. The zero-order valence-corrected chi connectivity index (χ0v) is 15.7. The van der Waals surface area contributed by atoms with Crippen molar-refractivity contribution in [3.05, 3.63) is 33.8 Å². The Morgan fingerprint density at radius 2 is 2.08 bits per heavy atom. The second kappa shape index (κ2) is 7.21. The predicted molar refractivity (Wildman–Crippen MR) is 101 cm³/mol. The molecule has 10 heteroatoms. The topological polar surface area (TPSA) is 90.7 Å². The average Bonchev–Trinajstić information content (AvgIpc) is 3.30. The Kier molecular flexibility index (Phi) is 4.78. The van der Waals surface area contributed by atoms with Crippen molar-refractivity contribution in [2.24, 2.45) is 0 Å². The van der Waals surface area contributed by atoms with Gasteiger partial charge in [-0.1, -0.05) is 29.3 Å². The van der Waals surface area contributed by atoms with Crippen molar-refractivity contribution in [3.63, 3.8) is 0 Å². The Labute approximate surface area is 163 Å². The zero-order chi connectivity index (χ0) is 18.1. The standard InChI is InChI=1S/C16H12Cl2N6OS/c17-9-1-2-10(12(18)7-9)13-11(8-19)16(24-3-5-25-6-4-24)26-14(13)15-20-22-23-21-15/h1-2,7H,3-6H2,(H,20,21,22,23). The van der Waals surface area contributed by atoms with Gasteiger partial charge in [0.05, 0.1) is 23.7 Å². The van der Waals surface area contributed by atoms with Gasteiger partial charge in [-0.25, -0.2) is 5.10 Å². The molecular weight excluding hydrogens is 395 g/mol. The summed E-state index contributed by atoms with van der Waals surface area (Å²) in [5.74, 6) is 0.493. The number of hydrogen-bond donors (Lipinski definition) is 1. The molecule has 26 heavy (non-hydrogen) atoms. The number of nitrogens with zero attached hydrogens (tertiary/aromatic N) is 5. The number of aromatic nitrogens is 4. The maximum Gasteiger partial charge on any atom is 0.190 e. The van der Waals surface area contributed by atoms with Crippen LogP contribution in [0.4, 0.5) is 5.00 Å². The van der Waals surface area contributed by atoms with Crippen LogP contribution in [0, 0.1) is 11.3 Å². The number of ether oxygens (including phenoxy) is 1. The van der Waals surface area contributed by atoms with Crippen LogP contribution >= 0.6 is 34.5 Å². The molecule has 0 bridgehead atoms. The summed E-state index contributed by atoms with van der Waals surface area (Å²) < 4.78 is 5.43. The molecular formula is C16H12Cl2N6OS. The molecule has 1 aliphatic rings. The first-order valence-electron chi connectivity index (χ1n) is 7.78. The van der Waals surface area contributed by atoms with E-state index in [4.69, 9.17) is 27.9 Å². The molecule has 1 aromatic carbocycles. The van der Waals surface area contributed by atoms with Crippen molar-refractivity contribution in [1.82, 2.24) is 20.6 Å². The highest BCUT2D eigenvalue weighted by molar-refractivity contribution is 7.20. The van der Waals surface area contributed by atoms with E-state index < -0.39 is 0 Å². The van der Waals surface area contributed by atoms with E-state index in [2.05, 4.69) is 31.6 Å². The first kappa shape index (κ1) is 17.2. The van der Waals surface area contributed by atoms with Gasteiger partial charge in [0, 0.05) is 34.3 Å². The molecule has 0 amide bonds. The van der Waals surface area contributed by atoms with E-state index in [1.165, 1.54) is 11.3 Å². The number of thiophene rings is 1. The zero-order valence-electron chi connectivity index (χ0n) is 13.4. The van der Waals surface area contributed by atoms with E-state index in [0.29, 0.717) is 40.2 Å². The Bertz CT molecular complexity index is 976. The molecule has 4 rings (SSSR count). The summed E-state index contributed by atoms with van der Waals surface area (Å²) in [6, 6.07) is 7.56. The minimum absolute atomic E-state index is 0.467. The Balaban J connectivity index is 1.95. The molecule has 1 saturated heterocycles. The number of morpholine rings is 1. The second-order valence-corrected chi connectivity index (χ2v) is 7.41. The Hall–Kier alpha value is -2.18. The van der Waals surface area contributed by atoms with E-state index in [1.807, 2.05) is 6.07 Å². The molecule has 2 aromatic heterocycles. The molecule has 0 radical (unpaired) electrons. The number of benzene rings is 1. The first-order valence-corrected chi connectivity index (χ1v) is 9.35. The first-order chi connectivity index (χ1) is 12.7. The lowest BCUT2D eigenvalue weighted by Crippen LogP contribution is -2.36. The summed E-state index contributed by atoms with van der Waals surface area (Å²) in [6.07, 6.45) is 0. The van der Waals surface area contributed by atoms with E-state index in [1.54, 1.807) is 12.1 Å². The fraction of sp³-hybridized carbons (Fsp3) is 0.250. The van der Waals surface area contributed by atoms with Gasteiger partial charge in [-0.3, -0.25) is 0 Å². The molecule has 1 aliphatic heterocycles. The van der Waals surface area contributed by atoms with Crippen LogP contribution in [0.2, 0.25) is 10.0 Å². The summed E-state index contributed by atoms with van der Waals surface area (Å²) in [6.45, 7) is 2.69. The lowest BCUT2D eigenvalue weighted by atomic mass is 10.0. The van der Waals surface area contributed by atoms with E-state index in [0.717, 1.165) is 28.5 Å². The molecule has 0 unspecified atom stereocenters. The normalized spacial score (nSPS) is 14.4. The smallest absolute Gasteiger partial charge is 0.190 e. The third-order valence-electron chi connectivity index (χ3n) is 4.06. The Morgan fingerprint density at radius 3 is 2.73 bits per heavy atom. The van der Waals surface area contributed by atoms with Crippen molar-refractivity contribution >= 4 is 39.5 Å². The summed E-state index contributed by atoms with van der Waals surface area (Å²) in [4.78, 5) is 2.91. The van der Waals surface area contributed by atoms with E-state index in [-0.39, 0.29) is 0 Å². The van der Waals surface area contributed by atoms with Crippen LogP contribution in [0.5, 0.6) is 0 Å². The SMILES string of the molecule is N#Cc1c(N2CCOCC2)sc(-c2nnn[nH]2)c1-c1ccc(Cl)cc1Cl. The summed E-state index contributed by atoms with van der Waals surface area (Å²) in [5, 5.41) is 25.9. The van der Waals surface area contributed by atoms with Crippen LogP contribution in [0.15, 0.2) is 18.2 Å². The van der Waals surface area contributed by atoms with Gasteiger partial charge in [-0.05, 0) is 22.6 Å². The van der Waals surface area contributed by atoms with Crippen LogP contribution in [0.25, 0.3) is 21.8 Å². The van der Waals surface area contributed by atoms with Crippen molar-refractivity contribution < 1.29 is 4.74 Å². The van der Waals surface area contributed by atoms with Crippen LogP contribution in [0.3, 0.4) is 0 Å². The number of hydrogen-bond acceptors (Lipinski definition) is 7. The van der Waals surface area contributed by atoms with Crippen LogP contribution in [-0.4, -0.2) is 46.9 Å². The summed E-state index contributed by atoms with van der Waals surface area (Å²) in [7, 11) is 0. The molecule has 0 aliphatic carbocycles. The van der Waals surface area contributed by atoms with Gasteiger partial charge in [0.15, 0.2) is 5.82 Å². The number of tetrazole rings is 1. The van der Waals surface area contributed by atoms with Gasteiger partial charge in [-0.15, -0.1) is 16.4 Å². The largest absolute Gasteiger partial charge is 0.378 e. The minimum atomic E-state index is 0.467. The van der Waals surface area contributed by atoms with Gasteiger partial charge in [0.1, 0.15) is 11.1 Å². The molecule has 3 heterocycles. The molecule has 132 valence electrons. The maximum absolute atomic E-state index is 9.92. The number of nitrogens with one attached hydrogen (secondary N) is 1. The van der Waals surface area contributed by atoms with Crippen molar-refractivity contribution in [2.75, 3.05) is 31.2 Å². The van der Waals surface area contributed by atoms with Crippen LogP contribution in [0.1, 0.15) is 5.56 Å². The molecule has 7 nitrogen and oxygen atoms in total. The third kappa shape index (κ3) is 3.04. The number of H-pyrrole nitrogens is 1. The quantitative estimate of drug-likeness (QED) is 0.713. The monoisotopic (exact) mass is 406 g/mol. The molecule has 3 aromatic rings. The fourth-order valence-corrected chi connectivity index (χ4v) is 4.64. The number of nitriles is 1. The number of anilines is 1. The molecule has 0 saturated carbocycles. The molecule has 0 spiro atoms. The summed E-state index contributed by atoms with van der Waals surface area (Å²) in [5.41, 5.74) is 1.97. The minimum Gasteiger partial charge on any atom is -0.378 e. The number of halogens is 2. The van der Waals surface area contributed by atoms with E-state index >= 15 is 0 Å². The third-order valence-corrected chi connectivity index (χ3v) is 5.87. The van der Waals surface area contributed by atoms with Gasteiger partial charge >= 0.3 is 0 Å². The van der Waals surface area contributed by atoms with Gasteiger partial charge in [0.2, 0.25) is 0 Å². The second-order valence-electron chi connectivity index (χ2n) is 5.57. The van der Waals surface area contributed by atoms with Crippen molar-refractivity contribution in [2.45, 2.75) is 0 Å². The van der Waals surface area contributed by atoms with Gasteiger partial charge in [0.25, 0.3) is 0 Å². The highest BCUT2D eigenvalue weighted by Crippen LogP contribution is 2.48.